The number of rotatable bonds is 10. The van der Waals surface area contributed by atoms with Crippen LogP contribution in [0.2, 0.25) is 0 Å². The first-order valence-electron chi connectivity index (χ1n) is 12.7. The van der Waals surface area contributed by atoms with E-state index in [9.17, 15) is 13.4 Å². The SMILES string of the molecule is CO[C@H]1CN[C@@H](C(=O)Nc2cc(C(CCC3CC3)(N[S@](=O)C(C)(C)C)c3ccccc3)ccc2F)C1. The zero-order valence-corrected chi connectivity index (χ0v) is 22.4. The van der Waals surface area contributed by atoms with Crippen LogP contribution in [-0.4, -0.2) is 40.7 Å². The van der Waals surface area contributed by atoms with Gasteiger partial charge in [0.25, 0.3) is 0 Å². The number of benzene rings is 2. The topological polar surface area (TPSA) is 79.5 Å². The van der Waals surface area contributed by atoms with Crippen molar-refractivity contribution in [2.24, 2.45) is 5.92 Å². The highest BCUT2D eigenvalue weighted by Crippen LogP contribution is 2.42. The lowest BCUT2D eigenvalue weighted by atomic mass is 9.79. The molecule has 1 aliphatic heterocycles. The van der Waals surface area contributed by atoms with E-state index in [1.807, 2.05) is 51.1 Å². The van der Waals surface area contributed by atoms with Crippen LogP contribution in [0.1, 0.15) is 64.0 Å². The molecule has 1 saturated heterocycles. The van der Waals surface area contributed by atoms with E-state index < -0.39 is 33.1 Å². The van der Waals surface area contributed by atoms with Gasteiger partial charge in [-0.05, 0) is 69.2 Å². The van der Waals surface area contributed by atoms with Gasteiger partial charge in [-0.2, -0.15) is 0 Å². The first-order chi connectivity index (χ1) is 17.1. The highest BCUT2D eigenvalue weighted by molar-refractivity contribution is 7.84. The maximum absolute atomic E-state index is 15.0. The number of hydrogen-bond acceptors (Lipinski definition) is 4. The van der Waals surface area contributed by atoms with Gasteiger partial charge in [0, 0.05) is 13.7 Å². The Hall–Kier alpha value is -2.13. The third kappa shape index (κ3) is 6.22. The molecule has 1 amide bonds. The Bertz CT molecular complexity index is 1090. The Morgan fingerprint density at radius 2 is 1.86 bits per heavy atom. The van der Waals surface area contributed by atoms with Gasteiger partial charge >= 0.3 is 0 Å². The number of carbonyl (C=O) groups is 1. The molecule has 1 saturated carbocycles. The van der Waals surface area contributed by atoms with E-state index in [1.54, 1.807) is 19.2 Å². The monoisotopic (exact) mass is 515 g/mol. The molecule has 0 spiro atoms. The summed E-state index contributed by atoms with van der Waals surface area (Å²) >= 11 is 0. The minimum atomic E-state index is -1.39. The summed E-state index contributed by atoms with van der Waals surface area (Å²) in [5.74, 6) is -0.144. The van der Waals surface area contributed by atoms with Crippen LogP contribution in [0.4, 0.5) is 10.1 Å². The molecule has 1 heterocycles. The molecular weight excluding hydrogens is 477 g/mol. The van der Waals surface area contributed by atoms with Crippen LogP contribution < -0.4 is 15.4 Å². The van der Waals surface area contributed by atoms with Gasteiger partial charge in [0.15, 0.2) is 0 Å². The smallest absolute Gasteiger partial charge is 0.241 e. The van der Waals surface area contributed by atoms with Crippen LogP contribution in [0.3, 0.4) is 0 Å². The molecule has 196 valence electrons. The molecule has 2 aromatic rings. The van der Waals surface area contributed by atoms with Crippen molar-refractivity contribution >= 4 is 22.6 Å². The van der Waals surface area contributed by atoms with Gasteiger partial charge < -0.3 is 15.4 Å². The maximum Gasteiger partial charge on any atom is 0.241 e. The maximum atomic E-state index is 15.0. The van der Waals surface area contributed by atoms with Crippen molar-refractivity contribution in [2.45, 2.75) is 75.3 Å². The normalized spacial score (nSPS) is 22.7. The van der Waals surface area contributed by atoms with Crippen LogP contribution in [0.25, 0.3) is 0 Å². The minimum Gasteiger partial charge on any atom is -0.380 e. The fourth-order valence-corrected chi connectivity index (χ4v) is 5.63. The Morgan fingerprint density at radius 1 is 1.14 bits per heavy atom. The van der Waals surface area contributed by atoms with E-state index >= 15 is 0 Å². The second-order valence-corrected chi connectivity index (χ2v) is 12.9. The van der Waals surface area contributed by atoms with Crippen molar-refractivity contribution in [2.75, 3.05) is 19.0 Å². The van der Waals surface area contributed by atoms with E-state index in [1.165, 1.54) is 18.9 Å². The minimum absolute atomic E-state index is 0.0401. The fraction of sp³-hybridized carbons (Fsp3) is 0.536. The van der Waals surface area contributed by atoms with Crippen LogP contribution in [0, 0.1) is 11.7 Å². The molecule has 1 aliphatic carbocycles. The summed E-state index contributed by atoms with van der Waals surface area (Å²) in [4.78, 5) is 12.9. The molecule has 0 aromatic heterocycles. The molecule has 0 radical (unpaired) electrons. The summed E-state index contributed by atoms with van der Waals surface area (Å²) in [5, 5.41) is 5.92. The molecule has 2 fully saturated rings. The summed E-state index contributed by atoms with van der Waals surface area (Å²) in [7, 11) is 0.233. The molecule has 8 heteroatoms. The van der Waals surface area contributed by atoms with Gasteiger partial charge in [-0.25, -0.2) is 13.3 Å². The number of hydrogen-bond donors (Lipinski definition) is 3. The number of carbonyl (C=O) groups excluding carboxylic acids is 1. The lowest BCUT2D eigenvalue weighted by Crippen LogP contribution is -2.49. The highest BCUT2D eigenvalue weighted by atomic mass is 32.2. The molecule has 4 rings (SSSR count). The first-order valence-corrected chi connectivity index (χ1v) is 13.9. The van der Waals surface area contributed by atoms with E-state index in [4.69, 9.17) is 4.74 Å². The van der Waals surface area contributed by atoms with E-state index in [-0.39, 0.29) is 17.7 Å². The van der Waals surface area contributed by atoms with Crippen LogP contribution >= 0.6 is 0 Å². The lowest BCUT2D eigenvalue weighted by Gasteiger charge is -2.38. The zero-order chi connectivity index (χ0) is 25.9. The number of amides is 1. The average Bonchev–Trinajstić information content (AvgIpc) is 3.56. The highest BCUT2D eigenvalue weighted by Gasteiger charge is 2.40. The number of ether oxygens (including phenoxy) is 1. The number of nitrogens with one attached hydrogen (secondary N) is 3. The van der Waals surface area contributed by atoms with Crippen molar-refractivity contribution in [3.8, 4) is 0 Å². The van der Waals surface area contributed by atoms with Gasteiger partial charge in [-0.1, -0.05) is 49.2 Å². The average molecular weight is 516 g/mol. The summed E-state index contributed by atoms with van der Waals surface area (Å²) < 4.78 is 36.8. The van der Waals surface area contributed by atoms with Crippen molar-refractivity contribution in [1.29, 1.82) is 0 Å². The zero-order valence-electron chi connectivity index (χ0n) is 21.6. The lowest BCUT2D eigenvalue weighted by molar-refractivity contribution is -0.118. The Balaban J connectivity index is 1.72. The quantitative estimate of drug-likeness (QED) is 0.431. The van der Waals surface area contributed by atoms with Crippen molar-refractivity contribution < 1.29 is 18.1 Å². The van der Waals surface area contributed by atoms with Crippen molar-refractivity contribution in [3.63, 3.8) is 0 Å². The molecule has 36 heavy (non-hydrogen) atoms. The van der Waals surface area contributed by atoms with E-state index in [0.717, 1.165) is 17.5 Å². The number of methoxy groups -OCH3 is 1. The van der Waals surface area contributed by atoms with Gasteiger partial charge in [-0.3, -0.25) is 4.79 Å². The molecule has 2 aliphatic rings. The predicted molar refractivity (Wildman–Crippen MR) is 142 cm³/mol. The molecular formula is C28H38FN3O3S. The molecule has 1 unspecified atom stereocenters. The molecule has 6 nitrogen and oxygen atoms in total. The second-order valence-electron chi connectivity index (χ2n) is 11.0. The Kier molecular flexibility index (Phi) is 8.29. The largest absolute Gasteiger partial charge is 0.380 e. The third-order valence-electron chi connectivity index (χ3n) is 7.17. The summed E-state index contributed by atoms with van der Waals surface area (Å²) in [6, 6.07) is 14.3. The van der Waals surface area contributed by atoms with Crippen molar-refractivity contribution in [3.05, 3.63) is 65.5 Å². The Labute approximate surface area is 216 Å². The van der Waals surface area contributed by atoms with Gasteiger partial charge in [0.2, 0.25) is 5.91 Å². The number of anilines is 1. The molecule has 0 bridgehead atoms. The Morgan fingerprint density at radius 3 is 2.47 bits per heavy atom. The van der Waals surface area contributed by atoms with Crippen LogP contribution in [-0.2, 0) is 26.1 Å². The first kappa shape index (κ1) is 26.9. The fourth-order valence-electron chi connectivity index (χ4n) is 4.67. The van der Waals surface area contributed by atoms with Gasteiger partial charge in [0.1, 0.15) is 5.82 Å². The van der Waals surface area contributed by atoms with Gasteiger partial charge in [-0.15, -0.1) is 0 Å². The standard InChI is InChI=1S/C28H38FN3O3S/c1-27(2,3)36(34)32-28(15-14-19-10-11-19,20-8-6-5-7-9-20)21-12-13-23(29)24(16-21)31-26(33)25-17-22(35-4)18-30-25/h5-9,12-13,16,19,22,25,30,32H,10-11,14-15,17-18H2,1-4H3,(H,31,33)/t22-,25-,28?,36-/m1/s1. The summed E-state index contributed by atoms with van der Waals surface area (Å²) in [6.07, 6.45) is 4.57. The summed E-state index contributed by atoms with van der Waals surface area (Å²) in [6.45, 7) is 6.39. The predicted octanol–water partition coefficient (Wildman–Crippen LogP) is 4.63. The second kappa shape index (κ2) is 11.1. The summed E-state index contributed by atoms with van der Waals surface area (Å²) in [5.41, 5.74) is 1.06. The van der Waals surface area contributed by atoms with E-state index in [2.05, 4.69) is 15.4 Å². The molecule has 3 N–H and O–H groups in total. The van der Waals surface area contributed by atoms with Crippen LogP contribution in [0.15, 0.2) is 48.5 Å². The van der Waals surface area contributed by atoms with Gasteiger partial charge in [0.05, 0.1) is 39.1 Å². The van der Waals surface area contributed by atoms with Crippen LogP contribution in [0.5, 0.6) is 0 Å². The molecule has 2 aromatic carbocycles. The van der Waals surface area contributed by atoms with Crippen molar-refractivity contribution in [1.82, 2.24) is 10.0 Å². The third-order valence-corrected chi connectivity index (χ3v) is 8.82. The molecule has 4 atom stereocenters. The number of halogens is 1. The van der Waals surface area contributed by atoms with E-state index in [0.29, 0.717) is 25.3 Å².